The van der Waals surface area contributed by atoms with E-state index in [0.717, 1.165) is 24.2 Å². The van der Waals surface area contributed by atoms with Crippen LogP contribution in [0.4, 0.5) is 0 Å². The predicted octanol–water partition coefficient (Wildman–Crippen LogP) is 4.37. The normalized spacial score (nSPS) is 17.3. The maximum Gasteiger partial charge on any atom is 0.160 e. The highest BCUT2D eigenvalue weighted by molar-refractivity contribution is 5.79. The topological polar surface area (TPSA) is 31.2 Å². The molecule has 1 saturated heterocycles. The first-order valence-corrected chi connectivity index (χ1v) is 9.16. The van der Waals surface area contributed by atoms with E-state index < -0.39 is 0 Å². The quantitative estimate of drug-likeness (QED) is 0.637. The third-order valence-electron chi connectivity index (χ3n) is 4.53. The minimum Gasteiger partial charge on any atom is -0.267 e. The molecule has 0 N–H and O–H groups in total. The lowest BCUT2D eigenvalue weighted by Crippen LogP contribution is -2.25. The van der Waals surface area contributed by atoms with Gasteiger partial charge in [0.1, 0.15) is 0 Å². The van der Waals surface area contributed by atoms with Gasteiger partial charge in [-0.3, -0.25) is 10.0 Å². The minimum atomic E-state index is -0.00822. The molecule has 0 aromatic heterocycles. The molecule has 134 valence electrons. The number of nitrogens with zero attached hydrogens (tertiary/aromatic N) is 4. The second kappa shape index (κ2) is 8.32. The van der Waals surface area contributed by atoms with Gasteiger partial charge in [-0.25, -0.2) is 0 Å². The van der Waals surface area contributed by atoms with Crippen molar-refractivity contribution in [2.75, 3.05) is 13.1 Å². The molecule has 1 unspecified atom stereocenters. The molecule has 3 aromatic rings. The van der Waals surface area contributed by atoms with E-state index in [0.29, 0.717) is 0 Å². The van der Waals surface area contributed by atoms with E-state index in [1.54, 1.807) is 0 Å². The summed E-state index contributed by atoms with van der Waals surface area (Å²) < 4.78 is 0. The molecule has 4 nitrogen and oxygen atoms in total. The van der Waals surface area contributed by atoms with Crippen LogP contribution in [0.5, 0.6) is 0 Å². The van der Waals surface area contributed by atoms with Crippen molar-refractivity contribution < 1.29 is 0 Å². The van der Waals surface area contributed by atoms with Crippen LogP contribution < -0.4 is 0 Å². The standard InChI is InChI=1S/C23H22N4/c1-4-10-20(11-5-1)18-24-26-16-17-27(23(26)22-14-8-3-9-15-22)25-19-21-12-6-2-7-13-21/h1-15,18-19,23H,16-17H2/b24-18-,25-19+. The van der Waals surface area contributed by atoms with Crippen LogP contribution in [0.1, 0.15) is 22.9 Å². The maximum absolute atomic E-state index is 4.75. The van der Waals surface area contributed by atoms with E-state index in [4.69, 9.17) is 10.2 Å². The van der Waals surface area contributed by atoms with Gasteiger partial charge in [-0.2, -0.15) is 10.2 Å². The monoisotopic (exact) mass is 354 g/mol. The summed E-state index contributed by atoms with van der Waals surface area (Å²) in [6.45, 7) is 1.66. The van der Waals surface area contributed by atoms with E-state index in [1.165, 1.54) is 5.56 Å². The van der Waals surface area contributed by atoms with Crippen LogP contribution in [0.25, 0.3) is 0 Å². The highest BCUT2D eigenvalue weighted by Crippen LogP contribution is 2.30. The van der Waals surface area contributed by atoms with Crippen molar-refractivity contribution in [3.8, 4) is 0 Å². The Kier molecular flexibility index (Phi) is 5.25. The Hall–Kier alpha value is -3.40. The first kappa shape index (κ1) is 17.0. The van der Waals surface area contributed by atoms with Gasteiger partial charge in [0.05, 0.1) is 25.5 Å². The molecule has 1 fully saturated rings. The van der Waals surface area contributed by atoms with Crippen molar-refractivity contribution in [2.45, 2.75) is 6.17 Å². The van der Waals surface area contributed by atoms with Gasteiger partial charge < -0.3 is 0 Å². The summed E-state index contributed by atoms with van der Waals surface area (Å²) in [4.78, 5) is 0. The fraction of sp³-hybridized carbons (Fsp3) is 0.130. The second-order valence-corrected chi connectivity index (χ2v) is 6.42. The molecule has 4 rings (SSSR count). The first-order valence-electron chi connectivity index (χ1n) is 9.16. The molecule has 1 atom stereocenters. The molecular weight excluding hydrogens is 332 g/mol. The molecule has 0 aliphatic carbocycles. The second-order valence-electron chi connectivity index (χ2n) is 6.42. The summed E-state index contributed by atoms with van der Waals surface area (Å²) >= 11 is 0. The SMILES string of the molecule is C(=N/N1CCN(/N=C/c2ccccc2)C1c1ccccc1)/c1ccccc1. The average molecular weight is 354 g/mol. The highest BCUT2D eigenvalue weighted by Gasteiger charge is 2.31. The van der Waals surface area contributed by atoms with E-state index >= 15 is 0 Å². The van der Waals surface area contributed by atoms with Crippen LogP contribution in [-0.4, -0.2) is 35.5 Å². The van der Waals surface area contributed by atoms with Crippen LogP contribution >= 0.6 is 0 Å². The third kappa shape index (κ3) is 4.23. The van der Waals surface area contributed by atoms with Crippen molar-refractivity contribution in [3.63, 3.8) is 0 Å². The number of benzene rings is 3. The van der Waals surface area contributed by atoms with Gasteiger partial charge in [0.2, 0.25) is 0 Å². The Bertz CT molecular complexity index is 834. The van der Waals surface area contributed by atoms with Gasteiger partial charge in [-0.05, 0) is 16.7 Å². The van der Waals surface area contributed by atoms with Crippen LogP contribution in [0.3, 0.4) is 0 Å². The van der Waals surface area contributed by atoms with Crippen molar-refractivity contribution in [3.05, 3.63) is 108 Å². The lowest BCUT2D eigenvalue weighted by Gasteiger charge is -2.26. The Morgan fingerprint density at radius 3 is 1.44 bits per heavy atom. The van der Waals surface area contributed by atoms with Gasteiger partial charge in [-0.15, -0.1) is 0 Å². The van der Waals surface area contributed by atoms with Crippen molar-refractivity contribution in [1.29, 1.82) is 0 Å². The summed E-state index contributed by atoms with van der Waals surface area (Å²) in [7, 11) is 0. The molecule has 0 bridgehead atoms. The molecular formula is C23H22N4. The first-order chi connectivity index (χ1) is 13.4. The molecule has 1 heterocycles. The third-order valence-corrected chi connectivity index (χ3v) is 4.53. The van der Waals surface area contributed by atoms with E-state index in [-0.39, 0.29) is 6.17 Å². The summed E-state index contributed by atoms with van der Waals surface area (Å²) in [5.74, 6) is 0. The van der Waals surface area contributed by atoms with Gasteiger partial charge in [-0.1, -0.05) is 91.0 Å². The Balaban J connectivity index is 1.58. The minimum absolute atomic E-state index is 0.00822. The molecule has 27 heavy (non-hydrogen) atoms. The smallest absolute Gasteiger partial charge is 0.160 e. The summed E-state index contributed by atoms with van der Waals surface area (Å²) in [6.07, 6.45) is 3.83. The van der Waals surface area contributed by atoms with Crippen molar-refractivity contribution in [2.24, 2.45) is 10.2 Å². The molecule has 0 spiro atoms. The Morgan fingerprint density at radius 1 is 0.593 bits per heavy atom. The van der Waals surface area contributed by atoms with Gasteiger partial charge in [0.15, 0.2) is 6.17 Å². The average Bonchev–Trinajstić information content (AvgIpc) is 3.16. The summed E-state index contributed by atoms with van der Waals surface area (Å²) in [5.41, 5.74) is 3.37. The number of hydrogen-bond donors (Lipinski definition) is 0. The fourth-order valence-corrected chi connectivity index (χ4v) is 3.17. The summed E-state index contributed by atoms with van der Waals surface area (Å²) in [5, 5.41) is 13.7. The van der Waals surface area contributed by atoms with E-state index in [1.807, 2.05) is 54.9 Å². The van der Waals surface area contributed by atoms with Gasteiger partial charge >= 0.3 is 0 Å². The molecule has 3 aromatic carbocycles. The lowest BCUT2D eigenvalue weighted by molar-refractivity contribution is 0.147. The zero-order valence-electron chi connectivity index (χ0n) is 15.1. The summed E-state index contributed by atoms with van der Waals surface area (Å²) in [6, 6.07) is 30.8. The van der Waals surface area contributed by atoms with Crippen LogP contribution in [0.2, 0.25) is 0 Å². The van der Waals surface area contributed by atoms with Crippen molar-refractivity contribution >= 4 is 12.4 Å². The lowest BCUT2D eigenvalue weighted by atomic mass is 10.2. The zero-order valence-corrected chi connectivity index (χ0v) is 15.1. The van der Waals surface area contributed by atoms with E-state index in [2.05, 4.69) is 58.5 Å². The Morgan fingerprint density at radius 2 is 1.00 bits per heavy atom. The molecule has 1 aliphatic rings. The van der Waals surface area contributed by atoms with Gasteiger partial charge in [0, 0.05) is 0 Å². The van der Waals surface area contributed by atoms with E-state index in [9.17, 15) is 0 Å². The van der Waals surface area contributed by atoms with Crippen LogP contribution in [-0.2, 0) is 0 Å². The number of rotatable bonds is 5. The zero-order chi connectivity index (χ0) is 18.3. The number of hydrogen-bond acceptors (Lipinski definition) is 4. The fourth-order valence-electron chi connectivity index (χ4n) is 3.17. The highest BCUT2D eigenvalue weighted by atomic mass is 15.7. The molecule has 4 heteroatoms. The van der Waals surface area contributed by atoms with Gasteiger partial charge in [0.25, 0.3) is 0 Å². The molecule has 0 saturated carbocycles. The van der Waals surface area contributed by atoms with Crippen molar-refractivity contribution in [1.82, 2.24) is 10.0 Å². The maximum atomic E-state index is 4.75. The number of hydrazone groups is 2. The molecule has 0 radical (unpaired) electrons. The largest absolute Gasteiger partial charge is 0.267 e. The van der Waals surface area contributed by atoms with Crippen LogP contribution in [0.15, 0.2) is 101 Å². The predicted molar refractivity (Wildman–Crippen MR) is 111 cm³/mol. The Labute approximate surface area is 160 Å². The molecule has 1 aliphatic heterocycles. The molecule has 0 amide bonds. The van der Waals surface area contributed by atoms with Crippen LogP contribution in [0, 0.1) is 0 Å².